The van der Waals surface area contributed by atoms with Crippen LogP contribution in [0.25, 0.3) is 11.1 Å². The number of para-hydroxylation sites is 2. The number of rotatable bonds is 7. The number of fused-ring (bicyclic) bond motifs is 1. The molecule has 0 aliphatic heterocycles. The molecule has 0 radical (unpaired) electrons. The highest BCUT2D eigenvalue weighted by atomic mass is 16.5. The van der Waals surface area contributed by atoms with Gasteiger partial charge in [-0.15, -0.1) is 0 Å². The predicted octanol–water partition coefficient (Wildman–Crippen LogP) is 1.92. The summed E-state index contributed by atoms with van der Waals surface area (Å²) >= 11 is 0. The van der Waals surface area contributed by atoms with E-state index in [4.69, 9.17) is 13.6 Å². The Morgan fingerprint density at radius 3 is 2.74 bits per heavy atom. The lowest BCUT2D eigenvalue weighted by Crippen LogP contribution is -2.41. The number of carbonyl (C=O) groups is 3. The molecule has 0 aliphatic rings. The van der Waals surface area contributed by atoms with Gasteiger partial charge in [-0.05, 0) is 24.3 Å². The number of hydrogen-bond donors (Lipinski definition) is 2. The first-order valence-corrected chi connectivity index (χ1v) is 8.20. The number of aromatic nitrogens is 1. The second-order valence-electron chi connectivity index (χ2n) is 5.55. The van der Waals surface area contributed by atoms with E-state index in [0.717, 1.165) is 0 Å². The Labute approximate surface area is 153 Å². The Hall–Kier alpha value is -3.62. The summed E-state index contributed by atoms with van der Waals surface area (Å²) in [6.45, 7) is -0.420. The number of esters is 1. The Morgan fingerprint density at radius 2 is 1.96 bits per heavy atom. The zero-order valence-electron chi connectivity index (χ0n) is 14.3. The summed E-state index contributed by atoms with van der Waals surface area (Å²) < 4.78 is 15.4. The predicted molar refractivity (Wildman–Crippen MR) is 92.4 cm³/mol. The fraction of sp³-hybridized carbons (Fsp3) is 0.222. The smallest absolute Gasteiger partial charge is 0.321 e. The number of oxazole rings is 1. The Morgan fingerprint density at radius 1 is 1.11 bits per heavy atom. The molecular formula is C18H17N3O6. The molecule has 9 heteroatoms. The van der Waals surface area contributed by atoms with Gasteiger partial charge in [0.2, 0.25) is 0 Å². The standard InChI is InChI=1S/C18H17N3O6/c22-15(21-18(24)19-10-12-4-3-9-25-12)11-26-17(23)8-7-16-20-13-5-1-2-6-14(13)27-16/h1-6,9H,7-8,10-11H2,(H2,19,21,22,24). The van der Waals surface area contributed by atoms with Crippen molar-refractivity contribution in [1.82, 2.24) is 15.6 Å². The van der Waals surface area contributed by atoms with Crippen molar-refractivity contribution in [2.75, 3.05) is 6.61 Å². The molecule has 3 aromatic rings. The van der Waals surface area contributed by atoms with E-state index in [1.165, 1.54) is 6.26 Å². The molecule has 0 fully saturated rings. The third-order valence-electron chi connectivity index (χ3n) is 3.50. The van der Waals surface area contributed by atoms with Gasteiger partial charge in [0.25, 0.3) is 5.91 Å². The molecule has 2 aromatic heterocycles. The first-order chi connectivity index (χ1) is 13.1. The fourth-order valence-electron chi connectivity index (χ4n) is 2.24. The number of benzene rings is 1. The summed E-state index contributed by atoms with van der Waals surface area (Å²) in [5, 5.41) is 4.49. The second-order valence-corrected chi connectivity index (χ2v) is 5.55. The van der Waals surface area contributed by atoms with Gasteiger partial charge < -0.3 is 18.9 Å². The van der Waals surface area contributed by atoms with Gasteiger partial charge >= 0.3 is 12.0 Å². The highest BCUT2D eigenvalue weighted by Crippen LogP contribution is 2.15. The van der Waals surface area contributed by atoms with Crippen molar-refractivity contribution in [3.63, 3.8) is 0 Å². The summed E-state index contributed by atoms with van der Waals surface area (Å²) in [4.78, 5) is 39.1. The van der Waals surface area contributed by atoms with Crippen molar-refractivity contribution < 1.29 is 28.0 Å². The van der Waals surface area contributed by atoms with Crippen LogP contribution in [0.1, 0.15) is 18.1 Å². The molecule has 0 saturated heterocycles. The maximum absolute atomic E-state index is 11.7. The number of nitrogens with zero attached hydrogens (tertiary/aromatic N) is 1. The maximum Gasteiger partial charge on any atom is 0.321 e. The third-order valence-corrected chi connectivity index (χ3v) is 3.50. The summed E-state index contributed by atoms with van der Waals surface area (Å²) in [5.74, 6) is -0.372. The summed E-state index contributed by atoms with van der Waals surface area (Å²) in [6, 6.07) is 9.91. The second kappa shape index (κ2) is 8.65. The summed E-state index contributed by atoms with van der Waals surface area (Å²) in [7, 11) is 0. The van der Waals surface area contributed by atoms with Crippen LogP contribution in [-0.2, 0) is 27.3 Å². The zero-order chi connectivity index (χ0) is 19.1. The quantitative estimate of drug-likeness (QED) is 0.608. The Kier molecular flexibility index (Phi) is 5.83. The highest BCUT2D eigenvalue weighted by Gasteiger charge is 2.13. The molecule has 0 saturated carbocycles. The van der Waals surface area contributed by atoms with Crippen LogP contribution < -0.4 is 10.6 Å². The van der Waals surface area contributed by atoms with Crippen LogP contribution in [0.4, 0.5) is 4.79 Å². The van der Waals surface area contributed by atoms with E-state index >= 15 is 0 Å². The van der Waals surface area contributed by atoms with Gasteiger partial charge in [-0.25, -0.2) is 9.78 Å². The summed E-state index contributed by atoms with van der Waals surface area (Å²) in [5.41, 5.74) is 1.35. The Balaban J connectivity index is 1.34. The van der Waals surface area contributed by atoms with E-state index in [1.807, 2.05) is 18.2 Å². The average molecular weight is 371 g/mol. The van der Waals surface area contributed by atoms with E-state index in [2.05, 4.69) is 15.6 Å². The lowest BCUT2D eigenvalue weighted by atomic mass is 10.3. The molecule has 1 aromatic carbocycles. The molecule has 2 heterocycles. The SMILES string of the molecule is O=C(COC(=O)CCc1nc2ccccc2o1)NC(=O)NCc1ccco1. The number of nitrogens with one attached hydrogen (secondary N) is 2. The van der Waals surface area contributed by atoms with Crippen molar-refractivity contribution in [2.24, 2.45) is 0 Å². The molecular weight excluding hydrogens is 354 g/mol. The molecule has 140 valence electrons. The highest BCUT2D eigenvalue weighted by molar-refractivity contribution is 5.95. The maximum atomic E-state index is 11.7. The van der Waals surface area contributed by atoms with Crippen LogP contribution in [-0.4, -0.2) is 29.5 Å². The van der Waals surface area contributed by atoms with Gasteiger partial charge in [0.1, 0.15) is 11.3 Å². The lowest BCUT2D eigenvalue weighted by Gasteiger charge is -2.06. The van der Waals surface area contributed by atoms with Crippen LogP contribution in [0.3, 0.4) is 0 Å². The normalized spacial score (nSPS) is 10.5. The van der Waals surface area contributed by atoms with E-state index in [-0.39, 0.29) is 19.4 Å². The lowest BCUT2D eigenvalue weighted by molar-refractivity contribution is -0.148. The number of urea groups is 1. The molecule has 27 heavy (non-hydrogen) atoms. The van der Waals surface area contributed by atoms with E-state index in [1.54, 1.807) is 18.2 Å². The minimum absolute atomic E-state index is 0.00475. The van der Waals surface area contributed by atoms with Crippen molar-refractivity contribution in [3.8, 4) is 0 Å². The van der Waals surface area contributed by atoms with Gasteiger partial charge in [0.15, 0.2) is 18.1 Å². The van der Waals surface area contributed by atoms with Gasteiger partial charge in [0, 0.05) is 6.42 Å². The zero-order valence-corrected chi connectivity index (χ0v) is 14.3. The molecule has 0 unspecified atom stereocenters. The van der Waals surface area contributed by atoms with E-state index < -0.39 is 24.5 Å². The average Bonchev–Trinajstić information content (AvgIpc) is 3.32. The Bertz CT molecular complexity index is 899. The molecule has 0 spiro atoms. The number of aryl methyl sites for hydroxylation is 1. The van der Waals surface area contributed by atoms with E-state index in [9.17, 15) is 14.4 Å². The van der Waals surface area contributed by atoms with Crippen LogP contribution in [0, 0.1) is 0 Å². The molecule has 9 nitrogen and oxygen atoms in total. The number of ether oxygens (including phenoxy) is 1. The van der Waals surface area contributed by atoms with Crippen LogP contribution in [0.5, 0.6) is 0 Å². The number of carbonyl (C=O) groups excluding carboxylic acids is 3. The largest absolute Gasteiger partial charge is 0.467 e. The van der Waals surface area contributed by atoms with Gasteiger partial charge in [-0.2, -0.15) is 0 Å². The topological polar surface area (TPSA) is 124 Å². The number of amides is 3. The molecule has 0 bridgehead atoms. The van der Waals surface area contributed by atoms with Crippen LogP contribution >= 0.6 is 0 Å². The molecule has 0 atom stereocenters. The van der Waals surface area contributed by atoms with Crippen molar-refractivity contribution in [1.29, 1.82) is 0 Å². The fourth-order valence-corrected chi connectivity index (χ4v) is 2.24. The van der Waals surface area contributed by atoms with Crippen molar-refractivity contribution in [3.05, 3.63) is 54.3 Å². The van der Waals surface area contributed by atoms with Gasteiger partial charge in [-0.3, -0.25) is 14.9 Å². The number of hydrogen-bond acceptors (Lipinski definition) is 7. The van der Waals surface area contributed by atoms with Crippen molar-refractivity contribution >= 4 is 29.0 Å². The third kappa shape index (κ3) is 5.43. The minimum atomic E-state index is -0.734. The van der Waals surface area contributed by atoms with Crippen molar-refractivity contribution in [2.45, 2.75) is 19.4 Å². The minimum Gasteiger partial charge on any atom is -0.467 e. The number of imide groups is 1. The first-order valence-electron chi connectivity index (χ1n) is 8.20. The van der Waals surface area contributed by atoms with E-state index in [0.29, 0.717) is 22.8 Å². The monoisotopic (exact) mass is 371 g/mol. The van der Waals surface area contributed by atoms with Gasteiger partial charge in [0.05, 0.1) is 19.2 Å². The molecule has 0 aliphatic carbocycles. The molecule has 3 amide bonds. The molecule has 3 rings (SSSR count). The molecule has 2 N–H and O–H groups in total. The number of furan rings is 1. The summed E-state index contributed by atoms with van der Waals surface area (Å²) in [6.07, 6.45) is 1.73. The van der Waals surface area contributed by atoms with Gasteiger partial charge in [-0.1, -0.05) is 12.1 Å². The van der Waals surface area contributed by atoms with Crippen LogP contribution in [0.2, 0.25) is 0 Å². The van der Waals surface area contributed by atoms with Crippen LogP contribution in [0.15, 0.2) is 51.5 Å². The first kappa shape index (κ1) is 18.2.